The second-order valence-corrected chi connectivity index (χ2v) is 4.57. The van der Waals surface area contributed by atoms with Gasteiger partial charge in [-0.2, -0.15) is 0 Å². The van der Waals surface area contributed by atoms with E-state index in [-0.39, 0.29) is 5.82 Å². The molecule has 1 aromatic rings. The largest absolute Gasteiger partial charge is 0.468 e. The van der Waals surface area contributed by atoms with Crippen LogP contribution in [0, 0.1) is 12.7 Å². The number of aryl methyl sites for hydroxylation is 1. The molecule has 112 valence electrons. The summed E-state index contributed by atoms with van der Waals surface area (Å²) in [6, 6.07) is 5.49. The summed E-state index contributed by atoms with van der Waals surface area (Å²) in [7, 11) is 1.15. The van der Waals surface area contributed by atoms with E-state index in [0.717, 1.165) is 17.7 Å². The number of nitrogens with two attached hydrogens (primary N) is 1. The zero-order valence-corrected chi connectivity index (χ0v) is 11.3. The second-order valence-electron chi connectivity index (χ2n) is 4.57. The van der Waals surface area contributed by atoms with Crippen molar-refractivity contribution in [2.24, 2.45) is 5.84 Å². The molecule has 1 aliphatic rings. The summed E-state index contributed by atoms with van der Waals surface area (Å²) in [6.07, 6.45) is -0.559. The van der Waals surface area contributed by atoms with Crippen molar-refractivity contribution in [3.8, 4) is 0 Å². The molecule has 1 heterocycles. The monoisotopic (exact) mass is 290 g/mol. The minimum Gasteiger partial charge on any atom is -0.468 e. The molecule has 1 aromatic carbocycles. The van der Waals surface area contributed by atoms with Crippen molar-refractivity contribution in [2.45, 2.75) is 25.3 Å². The summed E-state index contributed by atoms with van der Waals surface area (Å²) < 4.78 is 41.7. The van der Waals surface area contributed by atoms with Gasteiger partial charge in [-0.1, -0.05) is 12.1 Å². The van der Waals surface area contributed by atoms with Gasteiger partial charge in [0.05, 0.1) is 13.7 Å². The molecule has 1 aliphatic heterocycles. The predicted octanol–water partition coefficient (Wildman–Crippen LogP) is 1.88. The highest BCUT2D eigenvalue weighted by Crippen LogP contribution is 2.30. The number of rotatable bonds is 1. The molecule has 1 saturated heterocycles. The Bertz CT molecular complexity index is 451. The summed E-state index contributed by atoms with van der Waals surface area (Å²) in [4.78, 5) is 10.8. The molecule has 0 aromatic heterocycles. The van der Waals surface area contributed by atoms with Gasteiger partial charge in [-0.15, -0.1) is 0 Å². The van der Waals surface area contributed by atoms with E-state index in [9.17, 15) is 18.0 Å². The van der Waals surface area contributed by atoms with Gasteiger partial charge in [-0.05, 0) is 24.6 Å². The highest BCUT2D eigenvalue weighted by Gasteiger charge is 2.47. The van der Waals surface area contributed by atoms with Gasteiger partial charge in [0.25, 0.3) is 5.92 Å². The zero-order valence-electron chi connectivity index (χ0n) is 11.3. The maximum atomic E-state index is 12.6. The molecule has 20 heavy (non-hydrogen) atoms. The number of esters is 1. The molecular formula is C13H17F3N2O2. The van der Waals surface area contributed by atoms with Gasteiger partial charge in [0.1, 0.15) is 11.9 Å². The summed E-state index contributed by atoms with van der Waals surface area (Å²) in [5.41, 5.74) is 0.963. The Hall–Kier alpha value is -1.60. The lowest BCUT2D eigenvalue weighted by molar-refractivity contribution is -0.146. The third kappa shape index (κ3) is 4.82. The lowest BCUT2D eigenvalue weighted by atomic mass is 10.2. The topological polar surface area (TPSA) is 55.6 Å². The Morgan fingerprint density at radius 1 is 1.50 bits per heavy atom. The number of methoxy groups -OCH3 is 1. The Morgan fingerprint density at radius 2 is 2.15 bits per heavy atom. The third-order valence-corrected chi connectivity index (χ3v) is 2.76. The van der Waals surface area contributed by atoms with E-state index in [1.54, 1.807) is 6.07 Å². The van der Waals surface area contributed by atoms with E-state index >= 15 is 0 Å². The number of ether oxygens (including phenoxy) is 1. The normalized spacial score (nSPS) is 21.0. The van der Waals surface area contributed by atoms with Crippen molar-refractivity contribution < 1.29 is 22.7 Å². The first-order valence-corrected chi connectivity index (χ1v) is 5.94. The van der Waals surface area contributed by atoms with Crippen LogP contribution < -0.4 is 5.84 Å². The van der Waals surface area contributed by atoms with Crippen molar-refractivity contribution in [1.29, 1.82) is 0 Å². The Kier molecular flexibility index (Phi) is 5.52. The van der Waals surface area contributed by atoms with Gasteiger partial charge in [-0.25, -0.2) is 18.2 Å². The number of halogens is 3. The molecule has 1 atom stereocenters. The number of hydrogen-bond donors (Lipinski definition) is 1. The minimum absolute atomic E-state index is 0.162. The van der Waals surface area contributed by atoms with Crippen molar-refractivity contribution in [3.05, 3.63) is 35.6 Å². The van der Waals surface area contributed by atoms with E-state index in [0.29, 0.717) is 0 Å². The molecule has 0 saturated carbocycles. The maximum absolute atomic E-state index is 12.6. The van der Waals surface area contributed by atoms with Crippen LogP contribution in [0.2, 0.25) is 0 Å². The van der Waals surface area contributed by atoms with E-state index in [1.807, 2.05) is 13.0 Å². The molecule has 1 unspecified atom stereocenters. The van der Waals surface area contributed by atoms with E-state index < -0.39 is 30.9 Å². The Balaban J connectivity index is 0.000000217. The lowest BCUT2D eigenvalue weighted by Crippen LogP contribution is -2.41. The molecule has 2 N–H and O–H groups in total. The quantitative estimate of drug-likeness (QED) is 0.634. The van der Waals surface area contributed by atoms with Gasteiger partial charge in [0.2, 0.25) is 0 Å². The number of carbonyl (C=O) groups is 1. The molecular weight excluding hydrogens is 273 g/mol. The average Bonchev–Trinajstić information content (AvgIpc) is 2.62. The standard InChI is InChI=1S/C7H7F.C6H10F2N2O2/c1-6-3-2-4-7(8)5-6;1-12-5(11)4-2-6(7,8)3-10(4)9/h2-5H,1H3;4H,2-3,9H2,1H3. The van der Waals surface area contributed by atoms with Crippen molar-refractivity contribution in [1.82, 2.24) is 5.01 Å². The van der Waals surface area contributed by atoms with Crippen molar-refractivity contribution in [2.75, 3.05) is 13.7 Å². The summed E-state index contributed by atoms with van der Waals surface area (Å²) in [5, 5.41) is 0.811. The van der Waals surface area contributed by atoms with E-state index in [1.165, 1.54) is 12.1 Å². The third-order valence-electron chi connectivity index (χ3n) is 2.76. The molecule has 0 aliphatic carbocycles. The first-order chi connectivity index (χ1) is 9.25. The molecule has 0 amide bonds. The number of alkyl halides is 2. The smallest absolute Gasteiger partial charge is 0.324 e. The van der Waals surface area contributed by atoms with Gasteiger partial charge < -0.3 is 4.74 Å². The van der Waals surface area contributed by atoms with Crippen LogP contribution in [0.5, 0.6) is 0 Å². The number of benzene rings is 1. The lowest BCUT2D eigenvalue weighted by Gasteiger charge is -2.14. The van der Waals surface area contributed by atoms with Crippen LogP contribution in [0.15, 0.2) is 24.3 Å². The highest BCUT2D eigenvalue weighted by molar-refractivity contribution is 5.76. The van der Waals surface area contributed by atoms with Crippen LogP contribution in [0.3, 0.4) is 0 Å². The first kappa shape index (κ1) is 16.5. The van der Waals surface area contributed by atoms with Crippen LogP contribution in [-0.4, -0.2) is 36.6 Å². The van der Waals surface area contributed by atoms with Gasteiger partial charge in [-0.3, -0.25) is 10.6 Å². The second kappa shape index (κ2) is 6.71. The van der Waals surface area contributed by atoms with Crippen LogP contribution >= 0.6 is 0 Å². The van der Waals surface area contributed by atoms with Crippen LogP contribution in [0.1, 0.15) is 12.0 Å². The van der Waals surface area contributed by atoms with Crippen molar-refractivity contribution in [3.63, 3.8) is 0 Å². The number of carbonyl (C=O) groups excluding carboxylic acids is 1. The Morgan fingerprint density at radius 3 is 2.50 bits per heavy atom. The minimum atomic E-state index is -2.88. The fraction of sp³-hybridized carbons (Fsp3) is 0.462. The molecule has 2 rings (SSSR count). The van der Waals surface area contributed by atoms with E-state index in [4.69, 9.17) is 5.84 Å². The molecule has 0 radical (unpaired) electrons. The molecule has 0 bridgehead atoms. The molecule has 0 spiro atoms. The highest BCUT2D eigenvalue weighted by atomic mass is 19.3. The fourth-order valence-electron chi connectivity index (χ4n) is 1.80. The average molecular weight is 290 g/mol. The van der Waals surface area contributed by atoms with Gasteiger partial charge >= 0.3 is 5.97 Å². The Labute approximate surface area is 115 Å². The van der Waals surface area contributed by atoms with Gasteiger partial charge in [0.15, 0.2) is 0 Å². The first-order valence-electron chi connectivity index (χ1n) is 5.94. The fourth-order valence-corrected chi connectivity index (χ4v) is 1.80. The summed E-state index contributed by atoms with van der Waals surface area (Å²) in [5.74, 6) is 1.43. The zero-order chi connectivity index (χ0) is 15.3. The SMILES string of the molecule is COC(=O)C1CC(F)(F)CN1N.Cc1cccc(F)c1. The van der Waals surface area contributed by atoms with Crippen molar-refractivity contribution >= 4 is 5.97 Å². The molecule has 4 nitrogen and oxygen atoms in total. The van der Waals surface area contributed by atoms with Crippen LogP contribution in [-0.2, 0) is 9.53 Å². The molecule has 1 fully saturated rings. The number of hydrogen-bond acceptors (Lipinski definition) is 4. The predicted molar refractivity (Wildman–Crippen MR) is 67.4 cm³/mol. The number of hydrazine groups is 1. The molecule has 7 heteroatoms. The van der Waals surface area contributed by atoms with E-state index in [2.05, 4.69) is 4.74 Å². The summed E-state index contributed by atoms with van der Waals surface area (Å²) >= 11 is 0. The van der Waals surface area contributed by atoms with Gasteiger partial charge in [0, 0.05) is 6.42 Å². The summed E-state index contributed by atoms with van der Waals surface area (Å²) in [6.45, 7) is 1.27. The van der Waals surface area contributed by atoms with Crippen LogP contribution in [0.25, 0.3) is 0 Å². The number of nitrogens with zero attached hydrogens (tertiary/aromatic N) is 1. The van der Waals surface area contributed by atoms with Crippen LogP contribution in [0.4, 0.5) is 13.2 Å². The maximum Gasteiger partial charge on any atom is 0.324 e.